The number of nitrogens with two attached hydrogens (primary N) is 1. The number of carbonyl (C=O) groups is 1. The van der Waals surface area contributed by atoms with E-state index in [1.165, 1.54) is 19.4 Å². The molecular weight excluding hydrogens is 244 g/mol. The van der Waals surface area contributed by atoms with Gasteiger partial charge in [-0.05, 0) is 31.5 Å². The maximum atomic E-state index is 11.3. The Balaban J connectivity index is 1.59. The molecule has 3 N–H and O–H groups in total. The van der Waals surface area contributed by atoms with Gasteiger partial charge in [0.15, 0.2) is 5.76 Å². The molecule has 1 amide bonds. The zero-order valence-corrected chi connectivity index (χ0v) is 11.0. The van der Waals surface area contributed by atoms with Gasteiger partial charge in [0.1, 0.15) is 5.76 Å². The van der Waals surface area contributed by atoms with Crippen molar-refractivity contribution in [1.82, 2.24) is 15.2 Å². The number of nitrogens with one attached hydrogen (secondary N) is 1. The van der Waals surface area contributed by atoms with Gasteiger partial charge in [-0.1, -0.05) is 0 Å². The van der Waals surface area contributed by atoms with Gasteiger partial charge in [0.2, 0.25) is 0 Å². The first kappa shape index (κ1) is 12.7. The van der Waals surface area contributed by atoms with Crippen LogP contribution in [0.25, 0.3) is 0 Å². The summed E-state index contributed by atoms with van der Waals surface area (Å²) < 4.78 is 5.50. The smallest absolute Gasteiger partial charge is 0.300 e. The monoisotopic (exact) mass is 264 g/mol. The molecular formula is C13H20N4O2. The fourth-order valence-corrected chi connectivity index (χ4v) is 3.08. The van der Waals surface area contributed by atoms with Crippen molar-refractivity contribution in [2.24, 2.45) is 5.84 Å². The minimum atomic E-state index is -0.383. The number of rotatable bonds is 3. The van der Waals surface area contributed by atoms with Crippen LogP contribution >= 0.6 is 0 Å². The number of nitrogens with zero attached hydrogens (tertiary/aromatic N) is 2. The molecule has 0 aromatic carbocycles. The first-order valence-electron chi connectivity index (χ1n) is 6.82. The average Bonchev–Trinajstić information content (AvgIpc) is 3.06. The summed E-state index contributed by atoms with van der Waals surface area (Å²) in [6.07, 6.45) is 2.62. The Morgan fingerprint density at radius 2 is 2.32 bits per heavy atom. The van der Waals surface area contributed by atoms with Crippen molar-refractivity contribution >= 4 is 5.91 Å². The van der Waals surface area contributed by atoms with Gasteiger partial charge in [0, 0.05) is 25.7 Å². The number of amides is 1. The minimum absolute atomic E-state index is 0.275. The summed E-state index contributed by atoms with van der Waals surface area (Å²) in [4.78, 5) is 16.3. The van der Waals surface area contributed by atoms with Crippen LogP contribution in [0.2, 0.25) is 0 Å². The van der Waals surface area contributed by atoms with Crippen molar-refractivity contribution in [3.63, 3.8) is 0 Å². The third-order valence-corrected chi connectivity index (χ3v) is 4.07. The van der Waals surface area contributed by atoms with Gasteiger partial charge in [-0.25, -0.2) is 5.84 Å². The lowest BCUT2D eigenvalue weighted by atomic mass is 10.1. The molecule has 0 saturated carbocycles. The summed E-state index contributed by atoms with van der Waals surface area (Å²) in [6.45, 7) is 5.32. The number of fused-ring (bicyclic) bond motifs is 1. The molecule has 1 unspecified atom stereocenters. The van der Waals surface area contributed by atoms with E-state index in [4.69, 9.17) is 10.3 Å². The van der Waals surface area contributed by atoms with Gasteiger partial charge < -0.3 is 4.42 Å². The molecule has 2 aliphatic heterocycles. The van der Waals surface area contributed by atoms with E-state index in [0.29, 0.717) is 6.04 Å². The summed E-state index contributed by atoms with van der Waals surface area (Å²) in [5, 5.41) is 0. The van der Waals surface area contributed by atoms with E-state index in [2.05, 4.69) is 15.2 Å². The Morgan fingerprint density at radius 1 is 1.42 bits per heavy atom. The Kier molecular flexibility index (Phi) is 3.54. The molecule has 6 heteroatoms. The number of hydrogen-bond acceptors (Lipinski definition) is 5. The summed E-state index contributed by atoms with van der Waals surface area (Å²) in [6, 6.07) is 4.23. The molecule has 104 valence electrons. The highest BCUT2D eigenvalue weighted by molar-refractivity contribution is 5.90. The molecule has 2 fully saturated rings. The first-order valence-corrected chi connectivity index (χ1v) is 6.82. The van der Waals surface area contributed by atoms with Crippen LogP contribution in [-0.2, 0) is 6.54 Å². The Hall–Kier alpha value is -1.37. The van der Waals surface area contributed by atoms with Gasteiger partial charge in [-0.3, -0.25) is 20.0 Å². The van der Waals surface area contributed by atoms with Crippen LogP contribution in [0.15, 0.2) is 16.5 Å². The lowest BCUT2D eigenvalue weighted by Crippen LogP contribution is -2.49. The second-order valence-electron chi connectivity index (χ2n) is 5.31. The number of hydrazine groups is 1. The van der Waals surface area contributed by atoms with E-state index < -0.39 is 0 Å². The maximum Gasteiger partial charge on any atom is 0.300 e. The van der Waals surface area contributed by atoms with Crippen molar-refractivity contribution < 1.29 is 9.21 Å². The summed E-state index contributed by atoms with van der Waals surface area (Å²) in [5.41, 5.74) is 2.08. The highest BCUT2D eigenvalue weighted by Crippen LogP contribution is 2.22. The van der Waals surface area contributed by atoms with Gasteiger partial charge in [-0.2, -0.15) is 0 Å². The van der Waals surface area contributed by atoms with Crippen molar-refractivity contribution in [3.05, 3.63) is 23.7 Å². The third kappa shape index (κ3) is 2.65. The second kappa shape index (κ2) is 5.32. The molecule has 0 bridgehead atoms. The molecule has 0 aliphatic carbocycles. The fraction of sp³-hybridized carbons (Fsp3) is 0.615. The van der Waals surface area contributed by atoms with Crippen molar-refractivity contribution in [2.75, 3.05) is 26.2 Å². The standard InChI is InChI=1S/C13H20N4O2/c14-15-13(18)12-4-3-11(19-12)9-16-6-7-17-5-1-2-10(17)8-16/h3-4,10H,1-2,5-9,14H2,(H,15,18). The molecule has 0 spiro atoms. The zero-order valence-electron chi connectivity index (χ0n) is 11.0. The number of hydrogen-bond donors (Lipinski definition) is 2. The van der Waals surface area contributed by atoms with Crippen molar-refractivity contribution in [1.29, 1.82) is 0 Å². The van der Waals surface area contributed by atoms with Gasteiger partial charge >= 0.3 is 5.91 Å². The van der Waals surface area contributed by atoms with Gasteiger partial charge in [0.05, 0.1) is 6.54 Å². The molecule has 0 radical (unpaired) electrons. The SMILES string of the molecule is NNC(=O)c1ccc(CN2CCN3CCCC3C2)o1. The molecule has 2 saturated heterocycles. The summed E-state index contributed by atoms with van der Waals surface area (Å²) in [7, 11) is 0. The fourth-order valence-electron chi connectivity index (χ4n) is 3.08. The van der Waals surface area contributed by atoms with E-state index in [9.17, 15) is 4.79 Å². The minimum Gasteiger partial charge on any atom is -0.455 e. The van der Waals surface area contributed by atoms with Crippen LogP contribution in [0.4, 0.5) is 0 Å². The van der Waals surface area contributed by atoms with E-state index >= 15 is 0 Å². The third-order valence-electron chi connectivity index (χ3n) is 4.07. The quantitative estimate of drug-likeness (QED) is 0.462. The number of nitrogen functional groups attached to an aromatic ring is 1. The molecule has 1 atom stereocenters. The second-order valence-corrected chi connectivity index (χ2v) is 5.31. The van der Waals surface area contributed by atoms with Crippen LogP contribution in [0.5, 0.6) is 0 Å². The molecule has 1 aromatic rings. The highest BCUT2D eigenvalue weighted by Gasteiger charge is 2.30. The number of furan rings is 1. The number of piperazine rings is 1. The van der Waals surface area contributed by atoms with Crippen LogP contribution in [0.1, 0.15) is 29.2 Å². The van der Waals surface area contributed by atoms with E-state index in [1.807, 2.05) is 6.07 Å². The zero-order chi connectivity index (χ0) is 13.2. The van der Waals surface area contributed by atoms with Crippen molar-refractivity contribution in [3.8, 4) is 0 Å². The normalized spacial score (nSPS) is 24.4. The molecule has 3 heterocycles. The predicted octanol–water partition coefficient (Wildman–Crippen LogP) is 0.163. The van der Waals surface area contributed by atoms with Gasteiger partial charge in [0.25, 0.3) is 0 Å². The largest absolute Gasteiger partial charge is 0.455 e. The molecule has 19 heavy (non-hydrogen) atoms. The molecule has 6 nitrogen and oxygen atoms in total. The van der Waals surface area contributed by atoms with E-state index in [0.717, 1.165) is 31.9 Å². The Labute approximate surface area is 112 Å². The summed E-state index contributed by atoms with van der Waals surface area (Å²) in [5.74, 6) is 5.80. The van der Waals surface area contributed by atoms with Crippen LogP contribution in [0, 0.1) is 0 Å². The average molecular weight is 264 g/mol. The van der Waals surface area contributed by atoms with Gasteiger partial charge in [-0.15, -0.1) is 0 Å². The first-order chi connectivity index (χ1) is 9.26. The van der Waals surface area contributed by atoms with E-state index in [-0.39, 0.29) is 11.7 Å². The highest BCUT2D eigenvalue weighted by atomic mass is 16.4. The van der Waals surface area contributed by atoms with Crippen molar-refractivity contribution in [2.45, 2.75) is 25.4 Å². The molecule has 1 aromatic heterocycles. The van der Waals surface area contributed by atoms with Crippen LogP contribution in [0.3, 0.4) is 0 Å². The predicted molar refractivity (Wildman–Crippen MR) is 70.2 cm³/mol. The lowest BCUT2D eigenvalue weighted by molar-refractivity contribution is 0.0885. The van der Waals surface area contributed by atoms with Crippen LogP contribution in [-0.4, -0.2) is 47.9 Å². The topological polar surface area (TPSA) is 74.7 Å². The molecule has 2 aliphatic rings. The Bertz CT molecular complexity index is 459. The molecule has 3 rings (SSSR count). The maximum absolute atomic E-state index is 11.3. The van der Waals surface area contributed by atoms with Crippen LogP contribution < -0.4 is 11.3 Å². The number of carbonyl (C=O) groups excluding carboxylic acids is 1. The lowest BCUT2D eigenvalue weighted by Gasteiger charge is -2.37. The summed E-state index contributed by atoms with van der Waals surface area (Å²) >= 11 is 0. The Morgan fingerprint density at radius 3 is 3.16 bits per heavy atom. The van der Waals surface area contributed by atoms with E-state index in [1.54, 1.807) is 6.07 Å².